The zero-order chi connectivity index (χ0) is 18.0. The highest BCUT2D eigenvalue weighted by molar-refractivity contribution is 5.92. The summed E-state index contributed by atoms with van der Waals surface area (Å²) in [6.45, 7) is 4.00. The molecule has 0 aliphatic rings. The van der Waals surface area contributed by atoms with Crippen LogP contribution in [-0.2, 0) is 11.6 Å². The third-order valence-corrected chi connectivity index (χ3v) is 3.59. The number of rotatable bonds is 4. The number of aromatic nitrogens is 2. The highest BCUT2D eigenvalue weighted by Crippen LogP contribution is 2.26. The fourth-order valence-electron chi connectivity index (χ4n) is 2.09. The van der Waals surface area contributed by atoms with Crippen molar-refractivity contribution in [3.8, 4) is 0 Å². The van der Waals surface area contributed by atoms with Gasteiger partial charge in [0.15, 0.2) is 0 Å². The Morgan fingerprint density at radius 2 is 1.96 bits per heavy atom. The van der Waals surface area contributed by atoms with E-state index in [-0.39, 0.29) is 12.2 Å². The first-order valence-electron chi connectivity index (χ1n) is 7.10. The van der Waals surface area contributed by atoms with E-state index in [1.807, 2.05) is 24.9 Å². The maximum Gasteiger partial charge on any atom is 0.421 e. The summed E-state index contributed by atoms with van der Waals surface area (Å²) in [6, 6.07) is 5.17. The summed E-state index contributed by atoms with van der Waals surface area (Å²) in [4.78, 5) is 29.5. The van der Waals surface area contributed by atoms with Crippen molar-refractivity contribution in [1.29, 1.82) is 0 Å². The molecule has 0 saturated carbocycles. The predicted molar refractivity (Wildman–Crippen MR) is 81.7 cm³/mol. The molecule has 8 heteroatoms. The van der Waals surface area contributed by atoms with Crippen molar-refractivity contribution in [2.75, 3.05) is 6.54 Å². The second kappa shape index (κ2) is 6.46. The van der Waals surface area contributed by atoms with Gasteiger partial charge >= 0.3 is 6.18 Å². The van der Waals surface area contributed by atoms with Crippen molar-refractivity contribution in [3.63, 3.8) is 0 Å². The van der Waals surface area contributed by atoms with E-state index in [9.17, 15) is 22.8 Å². The second-order valence-corrected chi connectivity index (χ2v) is 5.92. The smallest absolute Gasteiger partial charge is 0.350 e. The molecule has 2 N–H and O–H groups in total. The van der Waals surface area contributed by atoms with Gasteiger partial charge in [-0.15, -0.1) is 0 Å². The highest BCUT2D eigenvalue weighted by Gasteiger charge is 2.34. The molecule has 5 nitrogen and oxygen atoms in total. The molecule has 0 fully saturated rings. The summed E-state index contributed by atoms with van der Waals surface area (Å²) in [7, 11) is 0. The average Bonchev–Trinajstić information content (AvgIpc) is 2.52. The van der Waals surface area contributed by atoms with Gasteiger partial charge in [0, 0.05) is 24.4 Å². The van der Waals surface area contributed by atoms with Crippen molar-refractivity contribution in [2.45, 2.75) is 25.4 Å². The number of amides is 1. The first-order valence-corrected chi connectivity index (χ1v) is 7.10. The van der Waals surface area contributed by atoms with E-state index in [1.165, 1.54) is 0 Å². The number of alkyl halides is 3. The molecule has 2 aromatic rings. The Morgan fingerprint density at radius 3 is 2.50 bits per heavy atom. The monoisotopic (exact) mass is 339 g/mol. The summed E-state index contributed by atoms with van der Waals surface area (Å²) in [5.74, 6) is -0.655. The van der Waals surface area contributed by atoms with E-state index in [2.05, 4.69) is 10.3 Å². The van der Waals surface area contributed by atoms with Gasteiger partial charge in [-0.2, -0.15) is 13.2 Å². The van der Waals surface area contributed by atoms with Gasteiger partial charge in [-0.3, -0.25) is 14.6 Å². The lowest BCUT2D eigenvalue weighted by Crippen LogP contribution is -2.37. The zero-order valence-electron chi connectivity index (χ0n) is 13.1. The Balaban J connectivity index is 2.11. The number of H-pyrrole nitrogens is 1. The molecule has 0 aliphatic carbocycles. The van der Waals surface area contributed by atoms with Gasteiger partial charge < -0.3 is 10.3 Å². The van der Waals surface area contributed by atoms with Crippen LogP contribution in [0.3, 0.4) is 0 Å². The van der Waals surface area contributed by atoms with Gasteiger partial charge in [-0.1, -0.05) is 19.9 Å². The quantitative estimate of drug-likeness (QED) is 0.899. The largest absolute Gasteiger partial charge is 0.421 e. The van der Waals surface area contributed by atoms with Crippen LogP contribution in [0.25, 0.3) is 0 Å². The minimum absolute atomic E-state index is 0.223. The second-order valence-electron chi connectivity index (χ2n) is 5.92. The van der Waals surface area contributed by atoms with Crippen molar-refractivity contribution in [3.05, 3.63) is 63.8 Å². The van der Waals surface area contributed by atoms with Crippen LogP contribution in [0.1, 0.15) is 35.5 Å². The first kappa shape index (κ1) is 17.7. The van der Waals surface area contributed by atoms with E-state index in [0.29, 0.717) is 6.07 Å². The van der Waals surface area contributed by atoms with E-state index in [0.717, 1.165) is 11.6 Å². The third-order valence-electron chi connectivity index (χ3n) is 3.59. The molecule has 24 heavy (non-hydrogen) atoms. The van der Waals surface area contributed by atoms with Crippen molar-refractivity contribution >= 4 is 5.91 Å². The molecule has 0 aromatic carbocycles. The Bertz CT molecular complexity index is 783. The fraction of sp³-hybridized carbons (Fsp3) is 0.312. The Hall–Kier alpha value is -2.64. The molecule has 0 unspecified atom stereocenters. The van der Waals surface area contributed by atoms with Gasteiger partial charge in [-0.05, 0) is 23.8 Å². The number of hydrogen-bond donors (Lipinski definition) is 2. The molecule has 0 saturated heterocycles. The first-order chi connectivity index (χ1) is 11.1. The molecule has 0 spiro atoms. The number of pyridine rings is 2. The summed E-state index contributed by atoms with van der Waals surface area (Å²) in [6.07, 6.45) is -1.46. The number of carbonyl (C=O) groups excluding carboxylic acids is 1. The lowest BCUT2D eigenvalue weighted by molar-refractivity contribution is -0.138. The van der Waals surface area contributed by atoms with Crippen LogP contribution in [0.5, 0.6) is 0 Å². The van der Waals surface area contributed by atoms with Crippen LogP contribution in [0, 0.1) is 0 Å². The lowest BCUT2D eigenvalue weighted by atomic mass is 9.85. The fourth-order valence-corrected chi connectivity index (χ4v) is 2.09. The average molecular weight is 339 g/mol. The SMILES string of the molecule is CC(C)(CNC(=O)c1ccc(C(F)(F)F)c(=O)[nH]1)c1cccnc1. The summed E-state index contributed by atoms with van der Waals surface area (Å²) >= 11 is 0. The number of carbonyl (C=O) groups is 1. The summed E-state index contributed by atoms with van der Waals surface area (Å²) < 4.78 is 37.6. The molecule has 0 atom stereocenters. The molecular formula is C16H16F3N3O2. The minimum Gasteiger partial charge on any atom is -0.350 e. The van der Waals surface area contributed by atoms with Crippen molar-refractivity contribution in [2.24, 2.45) is 0 Å². The van der Waals surface area contributed by atoms with Gasteiger partial charge in [-0.25, -0.2) is 0 Å². The normalized spacial score (nSPS) is 12.0. The Kier molecular flexibility index (Phi) is 4.77. The summed E-state index contributed by atoms with van der Waals surface area (Å²) in [5.41, 5.74) is -2.45. The Morgan fingerprint density at radius 1 is 1.25 bits per heavy atom. The van der Waals surface area contributed by atoms with Crippen LogP contribution in [0.4, 0.5) is 13.2 Å². The third kappa shape index (κ3) is 4.01. The summed E-state index contributed by atoms with van der Waals surface area (Å²) in [5, 5.41) is 2.61. The number of halogens is 3. The molecular weight excluding hydrogens is 323 g/mol. The zero-order valence-corrected chi connectivity index (χ0v) is 13.1. The van der Waals surface area contributed by atoms with Gasteiger partial charge in [0.2, 0.25) is 0 Å². The van der Waals surface area contributed by atoms with Crippen molar-refractivity contribution in [1.82, 2.24) is 15.3 Å². The maximum atomic E-state index is 12.5. The van der Waals surface area contributed by atoms with Crippen LogP contribution < -0.4 is 10.9 Å². The maximum absolute atomic E-state index is 12.5. The molecule has 1 amide bonds. The topological polar surface area (TPSA) is 74.8 Å². The van der Waals surface area contributed by atoms with Gasteiger partial charge in [0.25, 0.3) is 11.5 Å². The molecule has 0 radical (unpaired) electrons. The van der Waals surface area contributed by atoms with E-state index in [4.69, 9.17) is 0 Å². The molecule has 0 aliphatic heterocycles. The number of nitrogens with one attached hydrogen (secondary N) is 2. The van der Waals surface area contributed by atoms with Crippen LogP contribution in [0.15, 0.2) is 41.5 Å². The van der Waals surface area contributed by atoms with Crippen molar-refractivity contribution < 1.29 is 18.0 Å². The van der Waals surface area contributed by atoms with Crippen LogP contribution in [-0.4, -0.2) is 22.4 Å². The lowest BCUT2D eigenvalue weighted by Gasteiger charge is -2.25. The molecule has 128 valence electrons. The number of nitrogens with zero attached hydrogens (tertiary/aromatic N) is 1. The molecule has 0 bridgehead atoms. The van der Waals surface area contributed by atoms with E-state index >= 15 is 0 Å². The van der Waals surface area contributed by atoms with Gasteiger partial charge in [0.1, 0.15) is 11.3 Å². The predicted octanol–water partition coefficient (Wildman–Crippen LogP) is 2.50. The minimum atomic E-state index is -4.76. The molecule has 2 rings (SSSR count). The molecule has 2 heterocycles. The standard InChI is InChI=1S/C16H16F3N3O2/c1-15(2,10-4-3-7-20-8-10)9-21-14(24)12-6-5-11(13(23)22-12)16(17,18)19/h3-8H,9H2,1-2H3,(H,21,24)(H,22,23). The number of hydrogen-bond acceptors (Lipinski definition) is 3. The molecule has 2 aromatic heterocycles. The Labute approximate surface area is 135 Å². The van der Waals surface area contributed by atoms with Crippen LogP contribution in [0.2, 0.25) is 0 Å². The highest BCUT2D eigenvalue weighted by atomic mass is 19.4. The van der Waals surface area contributed by atoms with Crippen LogP contribution >= 0.6 is 0 Å². The number of aromatic amines is 1. The van der Waals surface area contributed by atoms with Gasteiger partial charge in [0.05, 0.1) is 0 Å². The van der Waals surface area contributed by atoms with E-state index in [1.54, 1.807) is 18.5 Å². The van der Waals surface area contributed by atoms with E-state index < -0.39 is 28.6 Å².